The Bertz CT molecular complexity index is 833. The van der Waals surface area contributed by atoms with E-state index in [0.29, 0.717) is 17.8 Å². The molecule has 0 spiro atoms. The van der Waals surface area contributed by atoms with Crippen LogP contribution in [-0.4, -0.2) is 14.9 Å². The fourth-order valence-corrected chi connectivity index (χ4v) is 2.39. The van der Waals surface area contributed by atoms with Gasteiger partial charge in [0, 0.05) is 30.3 Å². The molecule has 98 valence electrons. The van der Waals surface area contributed by atoms with E-state index in [1.807, 2.05) is 58.9 Å². The molecule has 3 aromatic rings. The summed E-state index contributed by atoms with van der Waals surface area (Å²) in [6.07, 6.45) is 3.74. The number of nitriles is 1. The molecule has 0 saturated carbocycles. The lowest BCUT2D eigenvalue weighted by atomic mass is 10.2. The Kier molecular flexibility index (Phi) is 2.88. The normalized spacial score (nSPS) is 10.6. The van der Waals surface area contributed by atoms with Crippen LogP contribution in [0.1, 0.15) is 16.1 Å². The zero-order valence-corrected chi connectivity index (χ0v) is 11.1. The van der Waals surface area contributed by atoms with E-state index >= 15 is 0 Å². The van der Waals surface area contributed by atoms with Gasteiger partial charge in [-0.25, -0.2) is 0 Å². The molecule has 0 aliphatic rings. The predicted molar refractivity (Wildman–Crippen MR) is 76.4 cm³/mol. The lowest BCUT2D eigenvalue weighted by Crippen LogP contribution is -2.12. The van der Waals surface area contributed by atoms with Crippen LogP contribution >= 0.6 is 0 Å². The Labute approximate surface area is 116 Å². The minimum atomic E-state index is 0.0689. The van der Waals surface area contributed by atoms with E-state index in [2.05, 4.69) is 6.07 Å². The van der Waals surface area contributed by atoms with Gasteiger partial charge in [0.15, 0.2) is 5.78 Å². The predicted octanol–water partition coefficient (Wildman–Crippen LogP) is 2.73. The highest BCUT2D eigenvalue weighted by Crippen LogP contribution is 2.18. The molecule has 20 heavy (non-hydrogen) atoms. The van der Waals surface area contributed by atoms with Crippen molar-refractivity contribution in [3.8, 4) is 6.07 Å². The lowest BCUT2D eigenvalue weighted by molar-refractivity contribution is 0.0965. The number of aromatic nitrogens is 2. The molecule has 0 atom stereocenters. The van der Waals surface area contributed by atoms with Crippen molar-refractivity contribution in [3.63, 3.8) is 0 Å². The Morgan fingerprint density at radius 1 is 1.25 bits per heavy atom. The summed E-state index contributed by atoms with van der Waals surface area (Å²) in [5.74, 6) is 0.0689. The second kappa shape index (κ2) is 4.71. The fraction of sp³-hybridized carbons (Fsp3) is 0.125. The molecule has 0 unspecified atom stereocenters. The van der Waals surface area contributed by atoms with Crippen LogP contribution in [-0.2, 0) is 13.6 Å². The monoisotopic (exact) mass is 263 g/mol. The molecular formula is C16H13N3O. The number of carbonyl (C=O) groups excluding carboxylic acids is 1. The SMILES string of the molecule is Cn1cccc1C(=O)Cn1ccc2cc(C#N)ccc21. The first-order valence-corrected chi connectivity index (χ1v) is 6.32. The average Bonchev–Trinajstić information content (AvgIpc) is 3.05. The molecule has 0 radical (unpaired) electrons. The van der Waals surface area contributed by atoms with Crippen LogP contribution in [0.2, 0.25) is 0 Å². The van der Waals surface area contributed by atoms with E-state index < -0.39 is 0 Å². The van der Waals surface area contributed by atoms with Gasteiger partial charge in [0.1, 0.15) is 0 Å². The largest absolute Gasteiger partial charge is 0.348 e. The highest BCUT2D eigenvalue weighted by Gasteiger charge is 2.11. The number of benzene rings is 1. The Morgan fingerprint density at radius 3 is 2.80 bits per heavy atom. The van der Waals surface area contributed by atoms with Crippen molar-refractivity contribution in [3.05, 3.63) is 60.0 Å². The van der Waals surface area contributed by atoms with Gasteiger partial charge in [-0.15, -0.1) is 0 Å². The van der Waals surface area contributed by atoms with Gasteiger partial charge < -0.3 is 9.13 Å². The number of hydrogen-bond acceptors (Lipinski definition) is 2. The van der Waals surface area contributed by atoms with Crippen LogP contribution in [0.25, 0.3) is 10.9 Å². The van der Waals surface area contributed by atoms with Crippen LogP contribution in [0.3, 0.4) is 0 Å². The Hall–Kier alpha value is -2.80. The van der Waals surface area contributed by atoms with Crippen molar-refractivity contribution in [1.82, 2.24) is 9.13 Å². The number of hydrogen-bond donors (Lipinski definition) is 0. The van der Waals surface area contributed by atoms with Crippen LogP contribution in [0, 0.1) is 11.3 Å². The molecule has 2 aromatic heterocycles. The van der Waals surface area contributed by atoms with Crippen molar-refractivity contribution >= 4 is 16.7 Å². The molecule has 0 N–H and O–H groups in total. The summed E-state index contributed by atoms with van der Waals surface area (Å²) in [5, 5.41) is 9.87. The molecule has 4 heteroatoms. The maximum atomic E-state index is 12.3. The van der Waals surface area contributed by atoms with Gasteiger partial charge in [-0.05, 0) is 36.4 Å². The van der Waals surface area contributed by atoms with Crippen LogP contribution in [0.5, 0.6) is 0 Å². The van der Waals surface area contributed by atoms with Crippen molar-refractivity contribution in [2.24, 2.45) is 7.05 Å². The van der Waals surface area contributed by atoms with Gasteiger partial charge in [0.2, 0.25) is 0 Å². The van der Waals surface area contributed by atoms with Gasteiger partial charge in [0.05, 0.1) is 23.9 Å². The first-order chi connectivity index (χ1) is 9.69. The quantitative estimate of drug-likeness (QED) is 0.682. The number of nitrogens with zero attached hydrogens (tertiary/aromatic N) is 3. The Balaban J connectivity index is 1.94. The summed E-state index contributed by atoms with van der Waals surface area (Å²) in [7, 11) is 1.86. The van der Waals surface area contributed by atoms with Gasteiger partial charge in [-0.2, -0.15) is 5.26 Å². The molecule has 4 nitrogen and oxygen atoms in total. The number of rotatable bonds is 3. The first kappa shape index (κ1) is 12.2. The van der Waals surface area contributed by atoms with Gasteiger partial charge in [-0.3, -0.25) is 4.79 Å². The minimum absolute atomic E-state index is 0.0689. The molecule has 0 saturated heterocycles. The minimum Gasteiger partial charge on any atom is -0.348 e. The van der Waals surface area contributed by atoms with E-state index in [4.69, 9.17) is 5.26 Å². The highest BCUT2D eigenvalue weighted by atomic mass is 16.1. The van der Waals surface area contributed by atoms with Crippen LogP contribution in [0.15, 0.2) is 48.8 Å². The lowest BCUT2D eigenvalue weighted by Gasteiger charge is -2.06. The third kappa shape index (κ3) is 1.99. The van der Waals surface area contributed by atoms with Crippen LogP contribution in [0.4, 0.5) is 0 Å². The summed E-state index contributed by atoms with van der Waals surface area (Å²) < 4.78 is 3.73. The number of aryl methyl sites for hydroxylation is 1. The topological polar surface area (TPSA) is 50.7 Å². The summed E-state index contributed by atoms with van der Waals surface area (Å²) >= 11 is 0. The maximum Gasteiger partial charge on any atom is 0.198 e. The molecule has 1 aromatic carbocycles. The molecule has 2 heterocycles. The summed E-state index contributed by atoms with van der Waals surface area (Å²) in [6.45, 7) is 0.299. The van der Waals surface area contributed by atoms with Crippen molar-refractivity contribution in [2.75, 3.05) is 0 Å². The molecule has 0 amide bonds. The van der Waals surface area contributed by atoms with E-state index in [1.54, 1.807) is 6.07 Å². The molecule has 3 rings (SSSR count). The van der Waals surface area contributed by atoms with Gasteiger partial charge in [-0.1, -0.05) is 0 Å². The molecule has 0 fully saturated rings. The third-order valence-corrected chi connectivity index (χ3v) is 3.44. The van der Waals surface area contributed by atoms with E-state index in [-0.39, 0.29) is 5.78 Å². The second-order valence-electron chi connectivity index (χ2n) is 4.76. The summed E-state index contributed by atoms with van der Waals surface area (Å²) in [6, 6.07) is 13.2. The van der Waals surface area contributed by atoms with E-state index in [1.165, 1.54) is 0 Å². The van der Waals surface area contributed by atoms with Crippen molar-refractivity contribution in [1.29, 1.82) is 5.26 Å². The number of ketones is 1. The molecular weight excluding hydrogens is 250 g/mol. The highest BCUT2D eigenvalue weighted by molar-refractivity contribution is 5.95. The summed E-state index contributed by atoms with van der Waals surface area (Å²) in [5.41, 5.74) is 2.29. The number of carbonyl (C=O) groups is 1. The molecule has 0 aliphatic carbocycles. The molecule has 0 bridgehead atoms. The van der Waals surface area contributed by atoms with E-state index in [0.717, 1.165) is 10.9 Å². The number of Topliss-reactive ketones (excluding diaryl/α,β-unsaturated/α-hetero) is 1. The summed E-state index contributed by atoms with van der Waals surface area (Å²) in [4.78, 5) is 12.3. The van der Waals surface area contributed by atoms with Crippen LogP contribution < -0.4 is 0 Å². The maximum absolute atomic E-state index is 12.3. The van der Waals surface area contributed by atoms with Gasteiger partial charge in [0.25, 0.3) is 0 Å². The van der Waals surface area contributed by atoms with E-state index in [9.17, 15) is 4.79 Å². The Morgan fingerprint density at radius 2 is 2.10 bits per heavy atom. The average molecular weight is 263 g/mol. The standard InChI is InChI=1S/C16H13N3O/c1-18-7-2-3-15(18)16(20)11-19-8-6-13-9-12(10-17)4-5-14(13)19/h2-9H,11H2,1H3. The van der Waals surface area contributed by atoms with Crippen molar-refractivity contribution in [2.45, 2.75) is 6.54 Å². The number of fused-ring (bicyclic) bond motifs is 1. The van der Waals surface area contributed by atoms with Gasteiger partial charge >= 0.3 is 0 Å². The molecule has 0 aliphatic heterocycles. The zero-order valence-electron chi connectivity index (χ0n) is 11.1. The smallest absolute Gasteiger partial charge is 0.198 e. The third-order valence-electron chi connectivity index (χ3n) is 3.44. The zero-order chi connectivity index (χ0) is 14.1. The fourth-order valence-electron chi connectivity index (χ4n) is 2.39. The first-order valence-electron chi connectivity index (χ1n) is 6.32. The van der Waals surface area contributed by atoms with Crippen molar-refractivity contribution < 1.29 is 4.79 Å². The second-order valence-corrected chi connectivity index (χ2v) is 4.76.